The molecule has 1 amide bonds. The van der Waals surface area contributed by atoms with Gasteiger partial charge in [-0.3, -0.25) is 9.78 Å². The lowest BCUT2D eigenvalue weighted by Gasteiger charge is -2.26. The second kappa shape index (κ2) is 7.47. The van der Waals surface area contributed by atoms with Crippen molar-refractivity contribution in [3.8, 4) is 11.3 Å². The van der Waals surface area contributed by atoms with Crippen LogP contribution in [0.3, 0.4) is 0 Å². The maximum atomic E-state index is 13.5. The van der Waals surface area contributed by atoms with Gasteiger partial charge in [0.05, 0.1) is 12.0 Å². The molecule has 0 spiro atoms. The number of imidazole rings is 1. The standard InChI is InChI=1S/C20H21FN4O/c1-14(2)25(20(26)19-12-24(3)13-23-19)11-15-7-8-22-18(9-15)16-5-4-6-17(21)10-16/h4-10,12-14H,11H2,1-3H3. The fraction of sp³-hybridized carbons (Fsp3) is 0.250. The number of aryl methyl sites for hydroxylation is 1. The number of carbonyl (C=O) groups excluding carboxylic acids is 1. The third kappa shape index (κ3) is 3.96. The van der Waals surface area contributed by atoms with Crippen LogP contribution in [0.2, 0.25) is 0 Å². The zero-order valence-electron chi connectivity index (χ0n) is 15.1. The van der Waals surface area contributed by atoms with Gasteiger partial charge in [0, 0.05) is 37.6 Å². The topological polar surface area (TPSA) is 51.0 Å². The normalized spacial score (nSPS) is 11.0. The van der Waals surface area contributed by atoms with Crippen LogP contribution in [0, 0.1) is 5.82 Å². The molecule has 0 fully saturated rings. The molecule has 0 bridgehead atoms. The first-order valence-corrected chi connectivity index (χ1v) is 8.44. The summed E-state index contributed by atoms with van der Waals surface area (Å²) in [6, 6.07) is 10.1. The predicted molar refractivity (Wildman–Crippen MR) is 97.8 cm³/mol. The molecule has 3 rings (SSSR count). The van der Waals surface area contributed by atoms with Crippen LogP contribution in [0.5, 0.6) is 0 Å². The number of aromatic nitrogens is 3. The molecule has 0 aliphatic rings. The van der Waals surface area contributed by atoms with E-state index in [1.54, 1.807) is 34.3 Å². The Morgan fingerprint density at radius 3 is 2.69 bits per heavy atom. The second-order valence-corrected chi connectivity index (χ2v) is 6.51. The highest BCUT2D eigenvalue weighted by atomic mass is 19.1. The van der Waals surface area contributed by atoms with Gasteiger partial charge in [-0.1, -0.05) is 12.1 Å². The van der Waals surface area contributed by atoms with Gasteiger partial charge in [-0.2, -0.15) is 0 Å². The van der Waals surface area contributed by atoms with Gasteiger partial charge >= 0.3 is 0 Å². The molecule has 0 N–H and O–H groups in total. The van der Waals surface area contributed by atoms with Gasteiger partial charge in [-0.15, -0.1) is 0 Å². The molecule has 26 heavy (non-hydrogen) atoms. The molecule has 0 unspecified atom stereocenters. The first-order chi connectivity index (χ1) is 12.4. The average molecular weight is 352 g/mol. The van der Waals surface area contributed by atoms with E-state index in [0.29, 0.717) is 23.5 Å². The first kappa shape index (κ1) is 17.8. The summed E-state index contributed by atoms with van der Waals surface area (Å²) < 4.78 is 15.2. The van der Waals surface area contributed by atoms with Gasteiger partial charge in [0.1, 0.15) is 11.5 Å². The Kier molecular flexibility index (Phi) is 5.11. The lowest BCUT2D eigenvalue weighted by atomic mass is 10.1. The van der Waals surface area contributed by atoms with Crippen molar-refractivity contribution in [3.63, 3.8) is 0 Å². The fourth-order valence-corrected chi connectivity index (χ4v) is 2.73. The second-order valence-electron chi connectivity index (χ2n) is 6.51. The number of amides is 1. The van der Waals surface area contributed by atoms with Gasteiger partial charge in [-0.25, -0.2) is 9.37 Å². The van der Waals surface area contributed by atoms with Crippen molar-refractivity contribution in [2.24, 2.45) is 7.05 Å². The van der Waals surface area contributed by atoms with Gasteiger partial charge in [0.15, 0.2) is 0 Å². The summed E-state index contributed by atoms with van der Waals surface area (Å²) in [6.45, 7) is 4.36. The number of carbonyl (C=O) groups is 1. The summed E-state index contributed by atoms with van der Waals surface area (Å²) >= 11 is 0. The van der Waals surface area contributed by atoms with Crippen LogP contribution in [0.15, 0.2) is 55.1 Å². The summed E-state index contributed by atoms with van der Waals surface area (Å²) in [7, 11) is 1.83. The Labute approximate surface area is 152 Å². The molecule has 0 saturated heterocycles. The molecule has 134 valence electrons. The summed E-state index contributed by atoms with van der Waals surface area (Å²) in [5.41, 5.74) is 2.73. The molecule has 1 aromatic carbocycles. The molecule has 0 radical (unpaired) electrons. The smallest absolute Gasteiger partial charge is 0.274 e. The first-order valence-electron chi connectivity index (χ1n) is 8.44. The molecule has 5 nitrogen and oxygen atoms in total. The van der Waals surface area contributed by atoms with Crippen molar-refractivity contribution in [2.75, 3.05) is 0 Å². The maximum Gasteiger partial charge on any atom is 0.274 e. The van der Waals surface area contributed by atoms with Crippen molar-refractivity contribution < 1.29 is 9.18 Å². The molecule has 0 aliphatic heterocycles. The number of hydrogen-bond donors (Lipinski definition) is 0. The molecule has 0 atom stereocenters. The summed E-state index contributed by atoms with van der Waals surface area (Å²) in [5.74, 6) is -0.423. The van der Waals surface area contributed by atoms with Crippen molar-refractivity contribution in [1.82, 2.24) is 19.4 Å². The minimum atomic E-state index is -0.302. The minimum absolute atomic E-state index is 0.00953. The van der Waals surface area contributed by atoms with Crippen LogP contribution in [0.1, 0.15) is 29.9 Å². The Hall–Kier alpha value is -3.02. The van der Waals surface area contributed by atoms with Crippen LogP contribution >= 0.6 is 0 Å². The third-order valence-corrected chi connectivity index (χ3v) is 4.11. The van der Waals surface area contributed by atoms with E-state index in [0.717, 1.165) is 5.56 Å². The van der Waals surface area contributed by atoms with Crippen molar-refractivity contribution in [1.29, 1.82) is 0 Å². The molecular weight excluding hydrogens is 331 g/mol. The number of halogens is 1. The lowest BCUT2D eigenvalue weighted by molar-refractivity contribution is 0.0684. The highest BCUT2D eigenvalue weighted by Gasteiger charge is 2.21. The number of rotatable bonds is 5. The third-order valence-electron chi connectivity index (χ3n) is 4.11. The number of pyridine rings is 1. The van der Waals surface area contributed by atoms with E-state index in [2.05, 4.69) is 9.97 Å². The maximum absolute atomic E-state index is 13.5. The molecular formula is C20H21FN4O. The SMILES string of the molecule is CC(C)N(Cc1ccnc(-c2cccc(F)c2)c1)C(=O)c1cn(C)cn1. The van der Waals surface area contributed by atoms with Crippen LogP contribution in [0.4, 0.5) is 4.39 Å². The summed E-state index contributed by atoms with van der Waals surface area (Å²) in [4.78, 5) is 23.0. The van der Waals surface area contributed by atoms with E-state index in [4.69, 9.17) is 0 Å². The Bertz CT molecular complexity index is 919. The molecule has 2 aromatic heterocycles. The Balaban J connectivity index is 1.86. The van der Waals surface area contributed by atoms with Gasteiger partial charge in [-0.05, 0) is 43.7 Å². The van der Waals surface area contributed by atoms with E-state index in [9.17, 15) is 9.18 Å². The average Bonchev–Trinajstić information content (AvgIpc) is 3.05. The van der Waals surface area contributed by atoms with Crippen molar-refractivity contribution in [3.05, 3.63) is 72.2 Å². The molecule has 0 aliphatic carbocycles. The van der Waals surface area contributed by atoms with E-state index in [-0.39, 0.29) is 17.8 Å². The predicted octanol–water partition coefficient (Wildman–Crippen LogP) is 3.67. The highest BCUT2D eigenvalue weighted by molar-refractivity contribution is 5.92. The largest absolute Gasteiger partial charge is 0.340 e. The zero-order chi connectivity index (χ0) is 18.7. The Morgan fingerprint density at radius 2 is 2.04 bits per heavy atom. The molecule has 6 heteroatoms. The van der Waals surface area contributed by atoms with Crippen molar-refractivity contribution in [2.45, 2.75) is 26.4 Å². The van der Waals surface area contributed by atoms with Crippen molar-refractivity contribution >= 4 is 5.91 Å². The van der Waals surface area contributed by atoms with E-state index in [1.807, 2.05) is 39.1 Å². The Morgan fingerprint density at radius 1 is 1.23 bits per heavy atom. The number of hydrogen-bond acceptors (Lipinski definition) is 3. The summed E-state index contributed by atoms with van der Waals surface area (Å²) in [6.07, 6.45) is 5.00. The molecule has 3 aromatic rings. The lowest BCUT2D eigenvalue weighted by Crippen LogP contribution is -2.36. The van der Waals surface area contributed by atoms with E-state index >= 15 is 0 Å². The summed E-state index contributed by atoms with van der Waals surface area (Å²) in [5, 5.41) is 0. The van der Waals surface area contributed by atoms with E-state index in [1.165, 1.54) is 12.1 Å². The number of nitrogens with zero attached hydrogens (tertiary/aromatic N) is 4. The fourth-order valence-electron chi connectivity index (χ4n) is 2.73. The minimum Gasteiger partial charge on any atom is -0.340 e. The molecule has 2 heterocycles. The zero-order valence-corrected chi connectivity index (χ0v) is 15.1. The highest BCUT2D eigenvalue weighted by Crippen LogP contribution is 2.20. The van der Waals surface area contributed by atoms with Crippen LogP contribution in [-0.4, -0.2) is 31.4 Å². The number of benzene rings is 1. The van der Waals surface area contributed by atoms with Gasteiger partial charge < -0.3 is 9.47 Å². The molecule has 0 saturated carbocycles. The van der Waals surface area contributed by atoms with Gasteiger partial charge in [0.2, 0.25) is 0 Å². The van der Waals surface area contributed by atoms with E-state index < -0.39 is 0 Å². The van der Waals surface area contributed by atoms with Crippen LogP contribution < -0.4 is 0 Å². The van der Waals surface area contributed by atoms with Crippen LogP contribution in [-0.2, 0) is 13.6 Å². The van der Waals surface area contributed by atoms with Crippen LogP contribution in [0.25, 0.3) is 11.3 Å². The van der Waals surface area contributed by atoms with Gasteiger partial charge in [0.25, 0.3) is 5.91 Å². The monoisotopic (exact) mass is 352 g/mol. The quantitative estimate of drug-likeness (QED) is 0.704.